The van der Waals surface area contributed by atoms with Crippen molar-refractivity contribution in [2.24, 2.45) is 5.92 Å². The van der Waals surface area contributed by atoms with Crippen molar-refractivity contribution in [2.45, 2.75) is 17.4 Å². The van der Waals surface area contributed by atoms with E-state index in [0.29, 0.717) is 18.0 Å². The van der Waals surface area contributed by atoms with Crippen LogP contribution in [-0.2, 0) is 21.4 Å². The molecule has 4 rings (SSSR count). The standard InChI is InChI=1S/C27H30N2O5S/c1-28(17-20-8-5-4-6-9-20)27(30)26-19-29(18-25(26)21-10-7-11-23(16-21)34-3)35(31,32)24-14-12-22(33-2)13-15-24/h4-16,25-26H,17-19H2,1-3H3. The van der Waals surface area contributed by atoms with E-state index in [1.54, 1.807) is 31.2 Å². The average molecular weight is 495 g/mol. The molecule has 2 unspecified atom stereocenters. The van der Waals surface area contributed by atoms with Gasteiger partial charge in [-0.15, -0.1) is 0 Å². The van der Waals surface area contributed by atoms with Gasteiger partial charge in [-0.1, -0.05) is 42.5 Å². The first-order valence-corrected chi connectivity index (χ1v) is 12.8. The average Bonchev–Trinajstić information content (AvgIpc) is 3.35. The van der Waals surface area contributed by atoms with Gasteiger partial charge in [0.15, 0.2) is 0 Å². The summed E-state index contributed by atoms with van der Waals surface area (Å²) < 4.78 is 39.0. The zero-order valence-corrected chi connectivity index (χ0v) is 20.9. The molecular formula is C27H30N2O5S. The Hall–Kier alpha value is -3.36. The number of sulfonamides is 1. The molecule has 1 heterocycles. The fourth-order valence-electron chi connectivity index (χ4n) is 4.54. The van der Waals surface area contributed by atoms with Crippen LogP contribution in [0.5, 0.6) is 11.5 Å². The maximum atomic E-state index is 13.6. The SMILES string of the molecule is COc1ccc(S(=O)(=O)N2CC(C(=O)N(C)Cc3ccccc3)C(c3cccc(OC)c3)C2)cc1. The molecular weight excluding hydrogens is 464 g/mol. The number of ether oxygens (including phenoxy) is 2. The molecule has 0 aliphatic carbocycles. The van der Waals surface area contributed by atoms with Crippen LogP contribution in [-0.4, -0.2) is 57.9 Å². The van der Waals surface area contributed by atoms with Crippen LogP contribution in [0.15, 0.2) is 83.8 Å². The highest BCUT2D eigenvalue weighted by atomic mass is 32.2. The second kappa shape index (κ2) is 10.5. The van der Waals surface area contributed by atoms with E-state index in [0.717, 1.165) is 11.1 Å². The molecule has 1 saturated heterocycles. The lowest BCUT2D eigenvalue weighted by Gasteiger charge is -2.25. The molecule has 7 nitrogen and oxygen atoms in total. The lowest BCUT2D eigenvalue weighted by Crippen LogP contribution is -2.36. The zero-order valence-electron chi connectivity index (χ0n) is 20.1. The lowest BCUT2D eigenvalue weighted by molar-refractivity contribution is -0.134. The second-order valence-electron chi connectivity index (χ2n) is 8.67. The van der Waals surface area contributed by atoms with E-state index in [2.05, 4.69) is 0 Å². The maximum absolute atomic E-state index is 13.6. The number of nitrogens with zero attached hydrogens (tertiary/aromatic N) is 2. The minimum Gasteiger partial charge on any atom is -0.497 e. The van der Waals surface area contributed by atoms with Gasteiger partial charge in [0, 0.05) is 32.6 Å². The largest absolute Gasteiger partial charge is 0.497 e. The highest BCUT2D eigenvalue weighted by molar-refractivity contribution is 7.89. The van der Waals surface area contributed by atoms with E-state index in [4.69, 9.17) is 9.47 Å². The molecule has 0 bridgehead atoms. The molecule has 0 aromatic heterocycles. The zero-order chi connectivity index (χ0) is 25.0. The molecule has 1 aliphatic rings. The highest BCUT2D eigenvalue weighted by Crippen LogP contribution is 2.38. The van der Waals surface area contributed by atoms with Crippen molar-refractivity contribution in [3.8, 4) is 11.5 Å². The van der Waals surface area contributed by atoms with Crippen molar-refractivity contribution >= 4 is 15.9 Å². The van der Waals surface area contributed by atoms with Gasteiger partial charge < -0.3 is 14.4 Å². The molecule has 1 aliphatic heterocycles. The Morgan fingerprint density at radius 3 is 2.26 bits per heavy atom. The topological polar surface area (TPSA) is 76.2 Å². The number of amides is 1. The van der Waals surface area contributed by atoms with Gasteiger partial charge in [-0.2, -0.15) is 4.31 Å². The van der Waals surface area contributed by atoms with Gasteiger partial charge in [0.2, 0.25) is 15.9 Å². The first kappa shape index (κ1) is 24.8. The van der Waals surface area contributed by atoms with E-state index >= 15 is 0 Å². The first-order chi connectivity index (χ1) is 16.8. The van der Waals surface area contributed by atoms with Gasteiger partial charge in [0.25, 0.3) is 0 Å². The van der Waals surface area contributed by atoms with Gasteiger partial charge in [0.05, 0.1) is 25.0 Å². The van der Waals surface area contributed by atoms with Crippen molar-refractivity contribution < 1.29 is 22.7 Å². The van der Waals surface area contributed by atoms with Gasteiger partial charge in [0.1, 0.15) is 11.5 Å². The van der Waals surface area contributed by atoms with Crippen LogP contribution in [0.3, 0.4) is 0 Å². The molecule has 184 valence electrons. The fourth-order valence-corrected chi connectivity index (χ4v) is 6.03. The summed E-state index contributed by atoms with van der Waals surface area (Å²) in [6.45, 7) is 0.761. The van der Waals surface area contributed by atoms with E-state index in [1.165, 1.54) is 23.5 Å². The molecule has 1 amide bonds. The molecule has 0 radical (unpaired) electrons. The number of carbonyl (C=O) groups excluding carboxylic acids is 1. The molecule has 1 fully saturated rings. The predicted molar refractivity (Wildman–Crippen MR) is 134 cm³/mol. The first-order valence-electron chi connectivity index (χ1n) is 11.4. The van der Waals surface area contributed by atoms with Gasteiger partial charge >= 0.3 is 0 Å². The minimum absolute atomic E-state index is 0.0888. The minimum atomic E-state index is -3.80. The Morgan fingerprint density at radius 1 is 0.914 bits per heavy atom. The Kier molecular flexibility index (Phi) is 7.42. The quantitative estimate of drug-likeness (QED) is 0.477. The van der Waals surface area contributed by atoms with Gasteiger partial charge in [-0.05, 0) is 47.5 Å². The van der Waals surface area contributed by atoms with Crippen LogP contribution in [0.4, 0.5) is 0 Å². The van der Waals surface area contributed by atoms with Crippen LogP contribution in [0.1, 0.15) is 17.0 Å². The number of hydrogen-bond donors (Lipinski definition) is 0. The highest BCUT2D eigenvalue weighted by Gasteiger charge is 2.44. The van der Waals surface area contributed by atoms with Crippen LogP contribution < -0.4 is 9.47 Å². The molecule has 8 heteroatoms. The summed E-state index contributed by atoms with van der Waals surface area (Å²) in [7, 11) is 1.09. The van der Waals surface area contributed by atoms with Crippen molar-refractivity contribution in [3.63, 3.8) is 0 Å². The van der Waals surface area contributed by atoms with E-state index in [-0.39, 0.29) is 29.8 Å². The molecule has 0 saturated carbocycles. The summed E-state index contributed by atoms with van der Waals surface area (Å²) in [6.07, 6.45) is 0. The van der Waals surface area contributed by atoms with E-state index in [1.807, 2.05) is 54.6 Å². The second-order valence-corrected chi connectivity index (χ2v) is 10.6. The van der Waals surface area contributed by atoms with Crippen LogP contribution >= 0.6 is 0 Å². The third kappa shape index (κ3) is 5.33. The molecule has 0 spiro atoms. The molecule has 0 N–H and O–H groups in total. The monoisotopic (exact) mass is 494 g/mol. The smallest absolute Gasteiger partial charge is 0.243 e. The fraction of sp³-hybridized carbons (Fsp3) is 0.296. The third-order valence-electron chi connectivity index (χ3n) is 6.46. The molecule has 2 atom stereocenters. The Bertz CT molecular complexity index is 1260. The Balaban J connectivity index is 1.64. The summed E-state index contributed by atoms with van der Waals surface area (Å²) in [5.41, 5.74) is 1.89. The van der Waals surface area contributed by atoms with Gasteiger partial charge in [-0.3, -0.25) is 4.79 Å². The summed E-state index contributed by atoms with van der Waals surface area (Å²) in [4.78, 5) is 15.5. The molecule has 3 aromatic rings. The summed E-state index contributed by atoms with van der Waals surface area (Å²) in [5, 5.41) is 0. The maximum Gasteiger partial charge on any atom is 0.243 e. The Labute approximate surface area is 206 Å². The van der Waals surface area contributed by atoms with Crippen molar-refractivity contribution in [2.75, 3.05) is 34.4 Å². The third-order valence-corrected chi connectivity index (χ3v) is 8.31. The van der Waals surface area contributed by atoms with Crippen LogP contribution in [0.25, 0.3) is 0 Å². The van der Waals surface area contributed by atoms with Crippen molar-refractivity contribution in [3.05, 3.63) is 90.0 Å². The summed E-state index contributed by atoms with van der Waals surface area (Å²) in [6, 6.07) is 23.6. The molecule has 35 heavy (non-hydrogen) atoms. The predicted octanol–water partition coefficient (Wildman–Crippen LogP) is 3.77. The van der Waals surface area contributed by atoms with Crippen LogP contribution in [0.2, 0.25) is 0 Å². The van der Waals surface area contributed by atoms with E-state index < -0.39 is 15.9 Å². The number of methoxy groups -OCH3 is 2. The van der Waals surface area contributed by atoms with E-state index in [9.17, 15) is 13.2 Å². The lowest BCUT2D eigenvalue weighted by atomic mass is 9.88. The normalized spacial score (nSPS) is 18.3. The number of rotatable bonds is 8. The van der Waals surface area contributed by atoms with Crippen molar-refractivity contribution in [1.82, 2.24) is 9.21 Å². The van der Waals surface area contributed by atoms with Crippen molar-refractivity contribution in [1.29, 1.82) is 0 Å². The summed E-state index contributed by atoms with van der Waals surface area (Å²) in [5.74, 6) is 0.333. The number of carbonyl (C=O) groups is 1. The molecule has 3 aromatic carbocycles. The Morgan fingerprint density at radius 2 is 1.60 bits per heavy atom. The van der Waals surface area contributed by atoms with Gasteiger partial charge in [-0.25, -0.2) is 8.42 Å². The summed E-state index contributed by atoms with van der Waals surface area (Å²) >= 11 is 0. The number of benzene rings is 3. The van der Waals surface area contributed by atoms with Crippen LogP contribution in [0, 0.1) is 5.92 Å². The number of hydrogen-bond acceptors (Lipinski definition) is 5.